The van der Waals surface area contributed by atoms with Gasteiger partial charge in [0.05, 0.1) is 21.4 Å². The summed E-state index contributed by atoms with van der Waals surface area (Å²) in [5, 5.41) is 25.5. The second-order valence-corrected chi connectivity index (χ2v) is 11.8. The molecule has 1 heterocycles. The van der Waals surface area contributed by atoms with Crippen LogP contribution in [0.5, 0.6) is 0 Å². The molecular weight excluding hydrogens is 805 g/mol. The summed E-state index contributed by atoms with van der Waals surface area (Å²) in [5.41, 5.74) is 0.760. The van der Waals surface area contributed by atoms with E-state index < -0.39 is 5.97 Å². The van der Waals surface area contributed by atoms with Crippen molar-refractivity contribution in [3.63, 3.8) is 0 Å². The molecule has 1 aromatic carbocycles. The molecule has 0 spiro atoms. The third-order valence-electron chi connectivity index (χ3n) is 5.59. The van der Waals surface area contributed by atoms with Crippen LogP contribution >= 0.6 is 67.8 Å². The number of rotatable bonds is 10. The highest BCUT2D eigenvalue weighted by molar-refractivity contribution is 14.1. The van der Waals surface area contributed by atoms with Gasteiger partial charge in [0.25, 0.3) is 0 Å². The van der Waals surface area contributed by atoms with Crippen molar-refractivity contribution < 1.29 is 19.5 Å². The van der Waals surface area contributed by atoms with Gasteiger partial charge in [0.1, 0.15) is 0 Å². The first-order valence-electron chi connectivity index (χ1n) is 12.1. The van der Waals surface area contributed by atoms with Crippen LogP contribution in [0.3, 0.4) is 0 Å². The molecule has 2 rings (SSSR count). The second kappa shape index (κ2) is 18.0. The number of nitrogens with one attached hydrogen (secondary N) is 5. The van der Waals surface area contributed by atoms with E-state index in [9.17, 15) is 19.5 Å². The fraction of sp³-hybridized carbons (Fsp3) is 0.609. The van der Waals surface area contributed by atoms with E-state index in [4.69, 9.17) is 0 Å². The quantitative estimate of drug-likeness (QED) is 0.156. The van der Waals surface area contributed by atoms with Crippen molar-refractivity contribution in [2.75, 3.05) is 70.8 Å². The number of carboxylic acid groups (broad SMARTS) is 1. The van der Waals surface area contributed by atoms with Crippen LogP contribution < -0.4 is 26.6 Å². The van der Waals surface area contributed by atoms with Gasteiger partial charge in [-0.1, -0.05) is 6.42 Å². The maximum atomic E-state index is 12.4. The van der Waals surface area contributed by atoms with Gasteiger partial charge < -0.3 is 31.7 Å². The Balaban J connectivity index is 1.65. The largest absolute Gasteiger partial charge is 0.478 e. The summed E-state index contributed by atoms with van der Waals surface area (Å²) >= 11 is 6.08. The van der Waals surface area contributed by atoms with Crippen LogP contribution in [0.15, 0.2) is 6.07 Å². The zero-order valence-corrected chi connectivity index (χ0v) is 26.7. The molecule has 0 aromatic heterocycles. The van der Waals surface area contributed by atoms with Crippen molar-refractivity contribution in [2.45, 2.75) is 25.7 Å². The number of halogens is 3. The third kappa shape index (κ3) is 12.0. The lowest BCUT2D eigenvalue weighted by molar-refractivity contribution is -0.122. The number of carboxylic acids is 1. The number of anilines is 1. The lowest BCUT2D eigenvalue weighted by Gasteiger charge is -2.23. The van der Waals surface area contributed by atoms with E-state index in [1.54, 1.807) is 6.07 Å². The molecule has 1 aliphatic rings. The normalized spacial score (nSPS) is 16.0. The van der Waals surface area contributed by atoms with Gasteiger partial charge in [-0.25, -0.2) is 4.79 Å². The number of carbonyl (C=O) groups excluding carboxylic acids is 2. The molecule has 10 nitrogen and oxygen atoms in total. The Hall–Kier alpha value is -0.340. The lowest BCUT2D eigenvalue weighted by atomic mass is 10.1. The number of nitrogens with zero attached hydrogens (tertiary/aromatic N) is 1. The maximum Gasteiger partial charge on any atom is 0.337 e. The first kappa shape index (κ1) is 31.9. The Morgan fingerprint density at radius 2 is 1.47 bits per heavy atom. The summed E-state index contributed by atoms with van der Waals surface area (Å²) in [7, 11) is 0. The first-order valence-corrected chi connectivity index (χ1v) is 15.3. The Morgan fingerprint density at radius 1 is 0.861 bits per heavy atom. The average molecular weight is 840 g/mol. The van der Waals surface area contributed by atoms with Crippen molar-refractivity contribution in [2.24, 2.45) is 0 Å². The SMILES string of the molecule is O=C(CN1CCNCCNCCNCC1)NCCCCCC(=O)Nc1c(I)cc(I)c(C(=O)O)c1I. The summed E-state index contributed by atoms with van der Waals surface area (Å²) in [6.45, 7) is 8.08. The van der Waals surface area contributed by atoms with Gasteiger partial charge in [0.2, 0.25) is 11.8 Å². The smallest absolute Gasteiger partial charge is 0.337 e. The van der Waals surface area contributed by atoms with Crippen molar-refractivity contribution in [1.29, 1.82) is 0 Å². The van der Waals surface area contributed by atoms with E-state index in [0.29, 0.717) is 38.8 Å². The molecule has 0 radical (unpaired) electrons. The summed E-state index contributed by atoms with van der Waals surface area (Å²) in [6.07, 6.45) is 2.67. The predicted molar refractivity (Wildman–Crippen MR) is 167 cm³/mol. The maximum absolute atomic E-state index is 12.4. The standard InChI is InChI=1S/C23H35I3N6O4/c24-16-14-17(25)22(21(26)20(16)23(35)36)31-18(33)4-2-1-3-5-30-19(34)15-32-12-10-28-8-6-27-7-9-29-11-13-32/h14,27-29H,1-13,15H2,(H,30,34)(H,31,33)(H,35,36). The van der Waals surface area contributed by atoms with E-state index >= 15 is 0 Å². The average Bonchev–Trinajstić information content (AvgIpc) is 2.80. The van der Waals surface area contributed by atoms with Crippen LogP contribution in [0.1, 0.15) is 36.0 Å². The Kier molecular flexibility index (Phi) is 16.0. The van der Waals surface area contributed by atoms with Crippen LogP contribution in [0.2, 0.25) is 0 Å². The number of aromatic carboxylic acids is 1. The molecule has 0 aliphatic carbocycles. The first-order chi connectivity index (χ1) is 17.3. The third-order valence-corrected chi connectivity index (χ3v) is 8.37. The van der Waals surface area contributed by atoms with Crippen LogP contribution in [0, 0.1) is 10.7 Å². The van der Waals surface area contributed by atoms with Gasteiger partial charge in [-0.3, -0.25) is 14.5 Å². The van der Waals surface area contributed by atoms with Gasteiger partial charge in [0, 0.05) is 72.5 Å². The summed E-state index contributed by atoms with van der Waals surface area (Å²) in [6, 6.07) is 1.76. The minimum absolute atomic E-state index is 0.0265. The zero-order chi connectivity index (χ0) is 26.3. The van der Waals surface area contributed by atoms with Crippen LogP contribution in [0.25, 0.3) is 0 Å². The Morgan fingerprint density at radius 3 is 2.08 bits per heavy atom. The molecule has 1 saturated heterocycles. The van der Waals surface area contributed by atoms with Crippen LogP contribution in [0.4, 0.5) is 5.69 Å². The van der Waals surface area contributed by atoms with Crippen molar-refractivity contribution >= 4 is 91.2 Å². The monoisotopic (exact) mass is 840 g/mol. The van der Waals surface area contributed by atoms with E-state index in [0.717, 1.165) is 68.8 Å². The molecule has 36 heavy (non-hydrogen) atoms. The molecule has 0 unspecified atom stereocenters. The fourth-order valence-electron chi connectivity index (χ4n) is 3.65. The van der Waals surface area contributed by atoms with E-state index in [-0.39, 0.29) is 17.4 Å². The highest BCUT2D eigenvalue weighted by Gasteiger charge is 2.20. The molecule has 1 aromatic rings. The number of hydrogen-bond acceptors (Lipinski definition) is 7. The fourth-order valence-corrected chi connectivity index (χ4v) is 7.75. The summed E-state index contributed by atoms with van der Waals surface area (Å²) in [5.74, 6) is -1.12. The summed E-state index contributed by atoms with van der Waals surface area (Å²) in [4.78, 5) is 38.5. The van der Waals surface area contributed by atoms with Gasteiger partial charge in [-0.05, 0) is 86.7 Å². The number of hydrogen-bond donors (Lipinski definition) is 6. The van der Waals surface area contributed by atoms with E-state index in [1.807, 2.05) is 45.2 Å². The molecule has 0 bridgehead atoms. The highest BCUT2D eigenvalue weighted by Crippen LogP contribution is 2.32. The molecule has 0 atom stereocenters. The molecule has 13 heteroatoms. The molecule has 6 N–H and O–H groups in total. The van der Waals surface area contributed by atoms with Crippen LogP contribution in [-0.2, 0) is 9.59 Å². The van der Waals surface area contributed by atoms with Gasteiger partial charge in [-0.2, -0.15) is 0 Å². The molecule has 0 saturated carbocycles. The minimum atomic E-state index is -1.01. The lowest BCUT2D eigenvalue weighted by Crippen LogP contribution is -2.45. The van der Waals surface area contributed by atoms with E-state index in [1.165, 1.54) is 0 Å². The number of carbonyl (C=O) groups is 3. The molecule has 1 aliphatic heterocycles. The van der Waals surface area contributed by atoms with Crippen molar-refractivity contribution in [3.8, 4) is 0 Å². The molecule has 1 fully saturated rings. The Bertz CT molecular complexity index is 878. The van der Waals surface area contributed by atoms with Gasteiger partial charge >= 0.3 is 5.97 Å². The molecular formula is C23H35I3N6O4. The summed E-state index contributed by atoms with van der Waals surface area (Å²) < 4.78 is 1.99. The predicted octanol–water partition coefficient (Wildman–Crippen LogP) is 1.90. The number of unbranched alkanes of at least 4 members (excludes halogenated alkanes) is 2. The topological polar surface area (TPSA) is 135 Å². The van der Waals surface area contributed by atoms with Crippen molar-refractivity contribution in [1.82, 2.24) is 26.2 Å². The van der Waals surface area contributed by atoms with Crippen LogP contribution in [-0.4, -0.2) is 93.2 Å². The number of amides is 2. The van der Waals surface area contributed by atoms with Crippen molar-refractivity contribution in [3.05, 3.63) is 22.3 Å². The zero-order valence-electron chi connectivity index (χ0n) is 20.2. The number of benzene rings is 1. The van der Waals surface area contributed by atoms with Gasteiger partial charge in [-0.15, -0.1) is 0 Å². The van der Waals surface area contributed by atoms with E-state index in [2.05, 4.69) is 54.1 Å². The molecule has 202 valence electrons. The van der Waals surface area contributed by atoms with Gasteiger partial charge in [0.15, 0.2) is 0 Å². The Labute approximate surface area is 253 Å². The second-order valence-electron chi connectivity index (χ2n) is 8.44. The molecule has 2 amide bonds. The highest BCUT2D eigenvalue weighted by atomic mass is 127. The minimum Gasteiger partial charge on any atom is -0.478 e.